The Bertz CT molecular complexity index is 343. The number of carbonyl (C=O) groups is 1. The second kappa shape index (κ2) is 5.46. The van der Waals surface area contributed by atoms with Gasteiger partial charge in [-0.05, 0) is 30.9 Å². The molecule has 1 aromatic heterocycles. The van der Waals surface area contributed by atoms with Gasteiger partial charge in [-0.3, -0.25) is 4.79 Å². The predicted molar refractivity (Wildman–Crippen MR) is 66.5 cm³/mol. The van der Waals surface area contributed by atoms with Gasteiger partial charge in [-0.25, -0.2) is 0 Å². The molecule has 0 bridgehead atoms. The normalized spacial score (nSPS) is 17.7. The highest BCUT2D eigenvalue weighted by Gasteiger charge is 2.20. The van der Waals surface area contributed by atoms with Crippen molar-refractivity contribution in [2.24, 2.45) is 5.92 Å². The van der Waals surface area contributed by atoms with Gasteiger partial charge in [0.1, 0.15) is 0 Å². The first-order valence-corrected chi connectivity index (χ1v) is 6.44. The summed E-state index contributed by atoms with van der Waals surface area (Å²) < 4.78 is 5.18. The van der Waals surface area contributed by atoms with Crippen molar-refractivity contribution in [1.29, 1.82) is 0 Å². The van der Waals surface area contributed by atoms with Crippen LogP contribution in [0.4, 0.5) is 5.00 Å². The number of hydrogen-bond acceptors (Lipinski definition) is 4. The molecule has 0 atom stereocenters. The van der Waals surface area contributed by atoms with Gasteiger partial charge < -0.3 is 9.64 Å². The smallest absolute Gasteiger partial charge is 0.160 e. The maximum absolute atomic E-state index is 10.6. The molecule has 4 heteroatoms. The van der Waals surface area contributed by atoms with E-state index in [1.165, 1.54) is 17.8 Å². The molecule has 1 fully saturated rings. The van der Waals surface area contributed by atoms with Crippen LogP contribution in [-0.2, 0) is 4.74 Å². The zero-order valence-corrected chi connectivity index (χ0v) is 10.3. The molecule has 0 radical (unpaired) electrons. The van der Waals surface area contributed by atoms with Crippen molar-refractivity contribution in [3.63, 3.8) is 0 Å². The molecule has 0 unspecified atom stereocenters. The molecule has 88 valence electrons. The fourth-order valence-electron chi connectivity index (χ4n) is 2.13. The summed E-state index contributed by atoms with van der Waals surface area (Å²) in [5.74, 6) is 0.701. The van der Waals surface area contributed by atoms with Gasteiger partial charge in [0.25, 0.3) is 0 Å². The first-order chi connectivity index (χ1) is 7.83. The monoisotopic (exact) mass is 239 g/mol. The van der Waals surface area contributed by atoms with Gasteiger partial charge in [-0.1, -0.05) is 0 Å². The van der Waals surface area contributed by atoms with Crippen LogP contribution in [0.15, 0.2) is 12.1 Å². The lowest BCUT2D eigenvalue weighted by atomic mass is 9.98. The highest BCUT2D eigenvalue weighted by molar-refractivity contribution is 7.17. The Morgan fingerprint density at radius 1 is 1.50 bits per heavy atom. The molecule has 1 aliphatic rings. The predicted octanol–water partition coefficient (Wildman–Crippen LogP) is 2.42. The summed E-state index contributed by atoms with van der Waals surface area (Å²) in [6.07, 6.45) is 3.29. The number of carbonyl (C=O) groups excluding carboxylic acids is 1. The van der Waals surface area contributed by atoms with Crippen molar-refractivity contribution in [3.05, 3.63) is 17.0 Å². The molecular formula is C12H17NO2S. The van der Waals surface area contributed by atoms with Crippen molar-refractivity contribution < 1.29 is 9.53 Å². The highest BCUT2D eigenvalue weighted by Crippen LogP contribution is 2.29. The maximum atomic E-state index is 10.6. The van der Waals surface area contributed by atoms with Gasteiger partial charge >= 0.3 is 0 Å². The largest absolute Gasteiger partial charge is 0.384 e. The Hall–Kier alpha value is -0.870. The number of hydrogen-bond donors (Lipinski definition) is 0. The Kier molecular flexibility index (Phi) is 3.96. The lowest BCUT2D eigenvalue weighted by Crippen LogP contribution is -2.34. The van der Waals surface area contributed by atoms with Crippen LogP contribution in [0.5, 0.6) is 0 Å². The molecule has 1 aliphatic heterocycles. The molecule has 2 rings (SSSR count). The maximum Gasteiger partial charge on any atom is 0.160 e. The Balaban J connectivity index is 1.91. The van der Waals surface area contributed by atoms with Crippen molar-refractivity contribution in [2.75, 3.05) is 31.7 Å². The van der Waals surface area contributed by atoms with Gasteiger partial charge in [-0.2, -0.15) is 0 Å². The average Bonchev–Trinajstić information content (AvgIpc) is 2.79. The van der Waals surface area contributed by atoms with Crippen LogP contribution in [0.1, 0.15) is 22.5 Å². The standard InChI is InChI=1S/C12H17NO2S/c1-15-9-10-4-6-13(7-5-10)12-3-2-11(8-14)16-12/h2-3,8,10H,4-7,9H2,1H3. The van der Waals surface area contributed by atoms with E-state index in [-0.39, 0.29) is 0 Å². The molecule has 1 aromatic rings. The van der Waals surface area contributed by atoms with Gasteiger partial charge in [0.15, 0.2) is 6.29 Å². The molecule has 0 N–H and O–H groups in total. The van der Waals surface area contributed by atoms with Gasteiger partial charge in [0, 0.05) is 26.8 Å². The van der Waals surface area contributed by atoms with E-state index in [2.05, 4.69) is 4.90 Å². The topological polar surface area (TPSA) is 29.5 Å². The van der Waals surface area contributed by atoms with E-state index in [4.69, 9.17) is 4.74 Å². The van der Waals surface area contributed by atoms with Crippen LogP contribution in [0, 0.1) is 5.92 Å². The minimum absolute atomic E-state index is 0.701. The number of methoxy groups -OCH3 is 1. The van der Waals surface area contributed by atoms with E-state index in [1.54, 1.807) is 18.4 Å². The molecule has 2 heterocycles. The summed E-state index contributed by atoms with van der Waals surface area (Å²) in [6.45, 7) is 3.03. The SMILES string of the molecule is COCC1CCN(c2ccc(C=O)s2)CC1. The molecule has 0 saturated carbocycles. The van der Waals surface area contributed by atoms with E-state index in [9.17, 15) is 4.79 Å². The summed E-state index contributed by atoms with van der Waals surface area (Å²) in [7, 11) is 1.77. The second-order valence-electron chi connectivity index (χ2n) is 4.18. The number of thiophene rings is 1. The number of ether oxygens (including phenoxy) is 1. The Morgan fingerprint density at radius 3 is 2.81 bits per heavy atom. The van der Waals surface area contributed by atoms with E-state index >= 15 is 0 Å². The quantitative estimate of drug-likeness (QED) is 0.756. The third kappa shape index (κ3) is 2.62. The Labute approximate surface area is 100 Å². The average molecular weight is 239 g/mol. The zero-order valence-electron chi connectivity index (χ0n) is 9.52. The number of aldehydes is 1. The number of rotatable bonds is 4. The van der Waals surface area contributed by atoms with Crippen LogP contribution < -0.4 is 4.90 Å². The Morgan fingerprint density at radius 2 is 2.25 bits per heavy atom. The summed E-state index contributed by atoms with van der Waals surface area (Å²) in [5, 5.41) is 1.22. The van der Waals surface area contributed by atoms with Crippen LogP contribution in [0.3, 0.4) is 0 Å². The zero-order chi connectivity index (χ0) is 11.4. The lowest BCUT2D eigenvalue weighted by Gasteiger charge is -2.32. The second-order valence-corrected chi connectivity index (χ2v) is 5.27. The summed E-state index contributed by atoms with van der Waals surface area (Å²) in [4.78, 5) is 13.8. The summed E-state index contributed by atoms with van der Waals surface area (Å²) >= 11 is 1.58. The van der Waals surface area contributed by atoms with E-state index in [0.29, 0.717) is 5.92 Å². The molecular weight excluding hydrogens is 222 g/mol. The van der Waals surface area contributed by atoms with Gasteiger partial charge in [0.2, 0.25) is 0 Å². The van der Waals surface area contributed by atoms with E-state index < -0.39 is 0 Å². The van der Waals surface area contributed by atoms with Crippen LogP contribution >= 0.6 is 11.3 Å². The number of piperidine rings is 1. The third-order valence-corrected chi connectivity index (χ3v) is 4.13. The number of anilines is 1. The number of nitrogens with zero attached hydrogens (tertiary/aromatic N) is 1. The summed E-state index contributed by atoms with van der Waals surface area (Å²) in [5.41, 5.74) is 0. The first kappa shape index (κ1) is 11.6. The fourth-order valence-corrected chi connectivity index (χ4v) is 3.00. The van der Waals surface area contributed by atoms with Crippen molar-refractivity contribution >= 4 is 22.6 Å². The minimum atomic E-state index is 0.701. The molecule has 0 aromatic carbocycles. The highest BCUT2D eigenvalue weighted by atomic mass is 32.1. The lowest BCUT2D eigenvalue weighted by molar-refractivity contribution is 0.112. The minimum Gasteiger partial charge on any atom is -0.384 e. The molecule has 0 amide bonds. The molecule has 16 heavy (non-hydrogen) atoms. The summed E-state index contributed by atoms with van der Waals surface area (Å²) in [6, 6.07) is 3.94. The van der Waals surface area contributed by atoms with Crippen molar-refractivity contribution in [2.45, 2.75) is 12.8 Å². The van der Waals surface area contributed by atoms with Crippen molar-refractivity contribution in [1.82, 2.24) is 0 Å². The van der Waals surface area contributed by atoms with Crippen LogP contribution in [0.25, 0.3) is 0 Å². The molecule has 3 nitrogen and oxygen atoms in total. The first-order valence-electron chi connectivity index (χ1n) is 5.62. The third-order valence-electron chi connectivity index (χ3n) is 3.06. The molecule has 0 aliphatic carbocycles. The molecule has 0 spiro atoms. The van der Waals surface area contributed by atoms with Gasteiger partial charge in [0.05, 0.1) is 9.88 Å². The fraction of sp³-hybridized carbons (Fsp3) is 0.583. The van der Waals surface area contributed by atoms with Gasteiger partial charge in [-0.15, -0.1) is 11.3 Å². The van der Waals surface area contributed by atoms with Crippen molar-refractivity contribution in [3.8, 4) is 0 Å². The van der Waals surface area contributed by atoms with Crippen LogP contribution in [-0.4, -0.2) is 33.1 Å². The molecule has 1 saturated heterocycles. The van der Waals surface area contributed by atoms with Crippen LogP contribution in [0.2, 0.25) is 0 Å². The van der Waals surface area contributed by atoms with E-state index in [1.807, 2.05) is 12.1 Å². The van der Waals surface area contributed by atoms with E-state index in [0.717, 1.165) is 30.9 Å².